The molecule has 0 spiro atoms. The second kappa shape index (κ2) is 1.02. The Morgan fingerprint density at radius 1 is 1.57 bits per heavy atom. The van der Waals surface area contributed by atoms with E-state index in [4.69, 9.17) is 0 Å². The Kier molecular flexibility index (Phi) is 0.685. The second-order valence-corrected chi connectivity index (χ2v) is 1.74. The quantitative estimate of drug-likeness (QED) is 0.455. The highest BCUT2D eigenvalue weighted by Gasteiger charge is 2.51. The highest BCUT2D eigenvalue weighted by atomic mass is 19.2. The molecule has 1 saturated carbocycles. The van der Waals surface area contributed by atoms with Crippen molar-refractivity contribution in [3.8, 4) is 0 Å². The fraction of sp³-hybridized carbons (Fsp3) is 0.750. The SMILES string of the molecule is O=C(F)C1(F)CC1. The van der Waals surface area contributed by atoms with Gasteiger partial charge < -0.3 is 0 Å². The first-order valence-corrected chi connectivity index (χ1v) is 2.04. The van der Waals surface area contributed by atoms with E-state index in [0.29, 0.717) is 0 Å². The van der Waals surface area contributed by atoms with Gasteiger partial charge in [0, 0.05) is 0 Å². The monoisotopic (exact) mass is 106 g/mol. The second-order valence-electron chi connectivity index (χ2n) is 1.74. The molecule has 0 aliphatic heterocycles. The van der Waals surface area contributed by atoms with E-state index in [-0.39, 0.29) is 12.8 Å². The van der Waals surface area contributed by atoms with Crippen LogP contribution in [0.25, 0.3) is 0 Å². The molecule has 0 aromatic rings. The molecule has 0 amide bonds. The summed E-state index contributed by atoms with van der Waals surface area (Å²) in [6.07, 6.45) is 0.144. The van der Waals surface area contributed by atoms with Gasteiger partial charge in [0.1, 0.15) is 0 Å². The van der Waals surface area contributed by atoms with Gasteiger partial charge in [-0.1, -0.05) is 0 Å². The van der Waals surface area contributed by atoms with Gasteiger partial charge in [0.2, 0.25) is 5.67 Å². The molecule has 7 heavy (non-hydrogen) atoms. The lowest BCUT2D eigenvalue weighted by Crippen LogP contribution is -2.09. The number of carbonyl (C=O) groups is 1. The molecule has 0 aromatic carbocycles. The van der Waals surface area contributed by atoms with E-state index in [2.05, 4.69) is 0 Å². The molecule has 40 valence electrons. The summed E-state index contributed by atoms with van der Waals surface area (Å²) in [5, 5.41) is 0. The van der Waals surface area contributed by atoms with Gasteiger partial charge >= 0.3 is 6.04 Å². The highest BCUT2D eigenvalue weighted by molar-refractivity contribution is 5.81. The number of halogens is 2. The minimum atomic E-state index is -2.06. The zero-order valence-corrected chi connectivity index (χ0v) is 3.58. The molecule has 0 heterocycles. The van der Waals surface area contributed by atoms with Gasteiger partial charge in [-0.3, -0.25) is 4.79 Å². The third kappa shape index (κ3) is 0.621. The van der Waals surface area contributed by atoms with Crippen molar-refractivity contribution in [2.45, 2.75) is 18.5 Å². The summed E-state index contributed by atoms with van der Waals surface area (Å²) in [5.41, 5.74) is -2.06. The molecule has 0 N–H and O–H groups in total. The number of carbonyl (C=O) groups excluding carboxylic acids is 1. The van der Waals surface area contributed by atoms with Crippen LogP contribution >= 0.6 is 0 Å². The molecule has 3 heteroatoms. The topological polar surface area (TPSA) is 17.1 Å². The molecule has 0 radical (unpaired) electrons. The molecular formula is C4H4F2O. The Bertz CT molecular complexity index is 106. The van der Waals surface area contributed by atoms with Gasteiger partial charge in [0.25, 0.3) is 0 Å². The smallest absolute Gasteiger partial charge is 0.257 e. The molecule has 0 saturated heterocycles. The Morgan fingerprint density at radius 3 is 2.00 bits per heavy atom. The van der Waals surface area contributed by atoms with Gasteiger partial charge in [-0.2, -0.15) is 4.39 Å². The normalized spacial score (nSPS) is 24.3. The van der Waals surface area contributed by atoms with Crippen LogP contribution in [0.2, 0.25) is 0 Å². The van der Waals surface area contributed by atoms with Crippen LogP contribution in [0.4, 0.5) is 8.78 Å². The minimum Gasteiger partial charge on any atom is -0.257 e. The van der Waals surface area contributed by atoms with E-state index < -0.39 is 11.7 Å². The summed E-state index contributed by atoms with van der Waals surface area (Å²) in [5.74, 6) is 0. The first-order valence-electron chi connectivity index (χ1n) is 2.04. The molecule has 1 aliphatic carbocycles. The zero-order chi connectivity index (χ0) is 5.49. The van der Waals surface area contributed by atoms with E-state index in [1.54, 1.807) is 0 Å². The Morgan fingerprint density at radius 2 is 2.00 bits per heavy atom. The maximum atomic E-state index is 11.9. The van der Waals surface area contributed by atoms with Crippen LogP contribution in [-0.2, 0) is 4.79 Å². The van der Waals surface area contributed by atoms with Crippen molar-refractivity contribution in [3.05, 3.63) is 0 Å². The zero-order valence-electron chi connectivity index (χ0n) is 3.58. The maximum absolute atomic E-state index is 11.9. The van der Waals surface area contributed by atoms with Crippen molar-refractivity contribution in [2.24, 2.45) is 0 Å². The summed E-state index contributed by atoms with van der Waals surface area (Å²) >= 11 is 0. The summed E-state index contributed by atoms with van der Waals surface area (Å²) in [6, 6.07) is -1.81. The van der Waals surface area contributed by atoms with Crippen LogP contribution < -0.4 is 0 Å². The number of hydrogen-bond acceptors (Lipinski definition) is 1. The molecule has 0 aromatic heterocycles. The van der Waals surface area contributed by atoms with E-state index in [1.165, 1.54) is 0 Å². The molecule has 0 unspecified atom stereocenters. The van der Waals surface area contributed by atoms with Gasteiger partial charge in [-0.05, 0) is 12.8 Å². The number of alkyl halides is 1. The van der Waals surface area contributed by atoms with Crippen LogP contribution in [0.1, 0.15) is 12.8 Å². The van der Waals surface area contributed by atoms with Crippen LogP contribution in [0.3, 0.4) is 0 Å². The van der Waals surface area contributed by atoms with E-state index in [9.17, 15) is 13.6 Å². The lowest BCUT2D eigenvalue weighted by molar-refractivity contribution is -0.136. The summed E-state index contributed by atoms with van der Waals surface area (Å²) in [6.45, 7) is 0. The Balaban J connectivity index is 2.55. The lowest BCUT2D eigenvalue weighted by Gasteiger charge is -1.87. The van der Waals surface area contributed by atoms with Crippen molar-refractivity contribution in [3.63, 3.8) is 0 Å². The van der Waals surface area contributed by atoms with Crippen molar-refractivity contribution in [1.29, 1.82) is 0 Å². The van der Waals surface area contributed by atoms with Crippen molar-refractivity contribution in [1.82, 2.24) is 0 Å². The van der Waals surface area contributed by atoms with E-state index >= 15 is 0 Å². The third-order valence-electron chi connectivity index (χ3n) is 1.04. The molecule has 1 aliphatic rings. The van der Waals surface area contributed by atoms with Crippen molar-refractivity contribution < 1.29 is 13.6 Å². The van der Waals surface area contributed by atoms with E-state index in [0.717, 1.165) is 0 Å². The summed E-state index contributed by atoms with van der Waals surface area (Å²) in [7, 11) is 0. The van der Waals surface area contributed by atoms with Crippen LogP contribution in [0.15, 0.2) is 0 Å². The standard InChI is InChI=1S/C4H4F2O/c5-3(7)4(6)1-2-4/h1-2H2. The minimum absolute atomic E-state index is 0.0718. The number of hydrogen-bond donors (Lipinski definition) is 0. The maximum Gasteiger partial charge on any atom is 0.338 e. The average molecular weight is 106 g/mol. The van der Waals surface area contributed by atoms with Crippen LogP contribution in [-0.4, -0.2) is 11.7 Å². The van der Waals surface area contributed by atoms with E-state index in [1.807, 2.05) is 0 Å². The van der Waals surface area contributed by atoms with Crippen molar-refractivity contribution in [2.75, 3.05) is 0 Å². The van der Waals surface area contributed by atoms with Gasteiger partial charge in [0.15, 0.2) is 0 Å². The molecule has 0 bridgehead atoms. The predicted molar refractivity (Wildman–Crippen MR) is 19.2 cm³/mol. The largest absolute Gasteiger partial charge is 0.338 e. The van der Waals surface area contributed by atoms with Gasteiger partial charge in [-0.25, -0.2) is 4.39 Å². The molecule has 1 rings (SSSR count). The first kappa shape index (κ1) is 4.68. The third-order valence-corrected chi connectivity index (χ3v) is 1.04. The molecule has 0 atom stereocenters. The summed E-state index contributed by atoms with van der Waals surface area (Å²) in [4.78, 5) is 9.49. The van der Waals surface area contributed by atoms with Crippen molar-refractivity contribution >= 4 is 6.04 Å². The molecule has 1 nitrogen and oxygen atoms in total. The summed E-state index contributed by atoms with van der Waals surface area (Å²) < 4.78 is 23.2. The Hall–Kier alpha value is -0.470. The van der Waals surface area contributed by atoms with Gasteiger partial charge in [-0.15, -0.1) is 0 Å². The number of rotatable bonds is 1. The first-order chi connectivity index (χ1) is 3.15. The average Bonchev–Trinajstić information content (AvgIpc) is 2.21. The predicted octanol–water partition coefficient (Wildman–Crippen LogP) is 0.985. The molecular weight excluding hydrogens is 102 g/mol. The Labute approximate surface area is 39.3 Å². The lowest BCUT2D eigenvalue weighted by atomic mass is 10.4. The molecule has 1 fully saturated rings. The fourth-order valence-electron chi connectivity index (χ4n) is 0.306. The van der Waals surface area contributed by atoms with Crippen LogP contribution in [0.5, 0.6) is 0 Å². The van der Waals surface area contributed by atoms with Crippen LogP contribution in [0, 0.1) is 0 Å². The highest BCUT2D eigenvalue weighted by Crippen LogP contribution is 2.40. The fourth-order valence-corrected chi connectivity index (χ4v) is 0.306. The van der Waals surface area contributed by atoms with Gasteiger partial charge in [0.05, 0.1) is 0 Å².